The third-order valence-corrected chi connectivity index (χ3v) is 8.06. The minimum Gasteiger partial charge on any atom is -0.309 e. The first-order chi connectivity index (χ1) is 19.3. The molecule has 8 aromatic rings. The summed E-state index contributed by atoms with van der Waals surface area (Å²) in [4.78, 5) is 0. The van der Waals surface area contributed by atoms with E-state index in [1.54, 1.807) is 0 Å². The van der Waals surface area contributed by atoms with Gasteiger partial charge in [-0.3, -0.25) is 0 Å². The van der Waals surface area contributed by atoms with Crippen LogP contribution in [0.15, 0.2) is 140 Å². The molecule has 0 saturated carbocycles. The molecule has 6 aromatic carbocycles. The van der Waals surface area contributed by atoms with Crippen molar-refractivity contribution >= 4 is 43.6 Å². The number of benzene rings is 6. The van der Waals surface area contributed by atoms with Gasteiger partial charge in [-0.15, -0.1) is 0 Å². The highest BCUT2D eigenvalue weighted by Gasteiger charge is 2.14. The molecule has 0 fully saturated rings. The van der Waals surface area contributed by atoms with Crippen molar-refractivity contribution in [1.29, 1.82) is 0 Å². The highest BCUT2D eigenvalue weighted by atomic mass is 15.0. The zero-order valence-corrected chi connectivity index (χ0v) is 21.7. The number of aromatic nitrogens is 2. The van der Waals surface area contributed by atoms with Crippen molar-refractivity contribution in [3.63, 3.8) is 0 Å². The second kappa shape index (κ2) is 8.47. The number of nitrogens with zero attached hydrogens (tertiary/aromatic N) is 2. The molecule has 2 heterocycles. The molecule has 0 bridgehead atoms. The van der Waals surface area contributed by atoms with Crippen molar-refractivity contribution in [3.05, 3.63) is 145 Å². The van der Waals surface area contributed by atoms with Crippen molar-refractivity contribution in [2.45, 2.75) is 6.92 Å². The van der Waals surface area contributed by atoms with Gasteiger partial charge in [-0.25, -0.2) is 0 Å². The Balaban J connectivity index is 1.21. The summed E-state index contributed by atoms with van der Waals surface area (Å²) in [5.74, 6) is 0. The Bertz CT molecular complexity index is 2100. The Morgan fingerprint density at radius 2 is 0.769 bits per heavy atom. The molecule has 39 heavy (non-hydrogen) atoms. The van der Waals surface area contributed by atoms with Gasteiger partial charge in [-0.1, -0.05) is 97.1 Å². The average Bonchev–Trinajstić information content (AvgIpc) is 3.52. The molecule has 0 amide bonds. The van der Waals surface area contributed by atoms with E-state index in [4.69, 9.17) is 0 Å². The van der Waals surface area contributed by atoms with E-state index >= 15 is 0 Å². The van der Waals surface area contributed by atoms with Crippen LogP contribution in [0.4, 0.5) is 0 Å². The first-order valence-corrected chi connectivity index (χ1v) is 13.5. The van der Waals surface area contributed by atoms with Crippen molar-refractivity contribution in [3.8, 4) is 22.5 Å². The van der Waals surface area contributed by atoms with Crippen LogP contribution < -0.4 is 0 Å². The minimum absolute atomic E-state index is 1.17. The average molecular weight is 499 g/mol. The van der Waals surface area contributed by atoms with Gasteiger partial charge >= 0.3 is 0 Å². The number of hydrogen-bond donors (Lipinski definition) is 0. The molecule has 8 rings (SSSR count). The van der Waals surface area contributed by atoms with Gasteiger partial charge in [0.1, 0.15) is 0 Å². The van der Waals surface area contributed by atoms with Gasteiger partial charge in [-0.05, 0) is 66.1 Å². The summed E-state index contributed by atoms with van der Waals surface area (Å²) in [7, 11) is 0. The van der Waals surface area contributed by atoms with Gasteiger partial charge in [0.15, 0.2) is 0 Å². The topological polar surface area (TPSA) is 9.86 Å². The summed E-state index contributed by atoms with van der Waals surface area (Å²) in [6.45, 7) is 2.20. The van der Waals surface area contributed by atoms with Crippen LogP contribution in [0.3, 0.4) is 0 Å². The predicted molar refractivity (Wildman–Crippen MR) is 165 cm³/mol. The molecule has 0 aliphatic rings. The molecule has 0 radical (unpaired) electrons. The molecule has 2 heteroatoms. The molecule has 0 aliphatic carbocycles. The first-order valence-electron chi connectivity index (χ1n) is 13.5. The van der Waals surface area contributed by atoms with E-state index < -0.39 is 0 Å². The number of para-hydroxylation sites is 4. The van der Waals surface area contributed by atoms with Crippen LogP contribution in [0.5, 0.6) is 0 Å². The fourth-order valence-corrected chi connectivity index (χ4v) is 6.26. The van der Waals surface area contributed by atoms with Gasteiger partial charge in [0.25, 0.3) is 0 Å². The van der Waals surface area contributed by atoms with E-state index in [1.165, 1.54) is 71.7 Å². The van der Waals surface area contributed by atoms with Crippen LogP contribution in [0.2, 0.25) is 0 Å². The molecule has 0 saturated heterocycles. The van der Waals surface area contributed by atoms with Crippen molar-refractivity contribution in [1.82, 2.24) is 9.13 Å². The van der Waals surface area contributed by atoms with Gasteiger partial charge < -0.3 is 9.13 Å². The first kappa shape index (κ1) is 22.0. The standard InChI is InChI=1S/C37H26N2/c1-25-9-8-13-33-32-12-4-7-16-36(32)39(37(25)33)29-23-19-27(20-24-29)26-17-21-28(22-18-26)38-34-14-5-2-10-30(34)31-11-3-6-15-35(31)38/h2-24H,1H3. The summed E-state index contributed by atoms with van der Waals surface area (Å²) in [6, 6.07) is 50.5. The van der Waals surface area contributed by atoms with Crippen molar-refractivity contribution in [2.24, 2.45) is 0 Å². The Labute approximate surface area is 227 Å². The largest absolute Gasteiger partial charge is 0.309 e. The van der Waals surface area contributed by atoms with Crippen LogP contribution in [0, 0.1) is 6.92 Å². The van der Waals surface area contributed by atoms with Crippen LogP contribution >= 0.6 is 0 Å². The molecule has 2 nitrogen and oxygen atoms in total. The highest BCUT2D eigenvalue weighted by molar-refractivity contribution is 6.10. The summed E-state index contributed by atoms with van der Waals surface area (Å²) in [5, 5.41) is 5.16. The van der Waals surface area contributed by atoms with Gasteiger partial charge in [0.05, 0.1) is 22.1 Å². The van der Waals surface area contributed by atoms with Gasteiger partial charge in [0, 0.05) is 32.9 Å². The molecule has 0 N–H and O–H groups in total. The van der Waals surface area contributed by atoms with E-state index in [1.807, 2.05) is 0 Å². The molecular formula is C37H26N2. The monoisotopic (exact) mass is 498 g/mol. The van der Waals surface area contributed by atoms with E-state index in [2.05, 4.69) is 156 Å². The third-order valence-electron chi connectivity index (χ3n) is 8.06. The lowest BCUT2D eigenvalue weighted by molar-refractivity contribution is 1.17. The zero-order valence-electron chi connectivity index (χ0n) is 21.7. The van der Waals surface area contributed by atoms with E-state index in [0.29, 0.717) is 0 Å². The number of hydrogen-bond acceptors (Lipinski definition) is 0. The Morgan fingerprint density at radius 3 is 1.31 bits per heavy atom. The van der Waals surface area contributed by atoms with E-state index in [-0.39, 0.29) is 0 Å². The quantitative estimate of drug-likeness (QED) is 0.229. The zero-order chi connectivity index (χ0) is 25.9. The lowest BCUT2D eigenvalue weighted by Crippen LogP contribution is -1.95. The second-order valence-corrected chi connectivity index (χ2v) is 10.3. The molecular weight excluding hydrogens is 472 g/mol. The fourth-order valence-electron chi connectivity index (χ4n) is 6.26. The maximum Gasteiger partial charge on any atom is 0.0570 e. The van der Waals surface area contributed by atoms with E-state index in [0.717, 1.165) is 0 Å². The highest BCUT2D eigenvalue weighted by Crippen LogP contribution is 2.35. The summed E-state index contributed by atoms with van der Waals surface area (Å²) in [6.07, 6.45) is 0. The maximum atomic E-state index is 2.40. The molecule has 0 atom stereocenters. The van der Waals surface area contributed by atoms with Crippen LogP contribution in [-0.2, 0) is 0 Å². The SMILES string of the molecule is Cc1cccc2c3ccccc3n(-c3ccc(-c4ccc(-n5c6ccccc6c6ccccc65)cc4)cc3)c12. The molecule has 0 spiro atoms. The lowest BCUT2D eigenvalue weighted by Gasteiger charge is -2.12. The van der Waals surface area contributed by atoms with Gasteiger partial charge in [-0.2, -0.15) is 0 Å². The minimum atomic E-state index is 1.17. The van der Waals surface area contributed by atoms with Crippen molar-refractivity contribution < 1.29 is 0 Å². The second-order valence-electron chi connectivity index (χ2n) is 10.3. The normalized spacial score (nSPS) is 11.7. The summed E-state index contributed by atoms with van der Waals surface area (Å²) in [5.41, 5.74) is 11.1. The molecule has 2 aromatic heterocycles. The third kappa shape index (κ3) is 3.28. The smallest absolute Gasteiger partial charge is 0.0570 e. The lowest BCUT2D eigenvalue weighted by atomic mass is 10.0. The molecule has 184 valence electrons. The summed E-state index contributed by atoms with van der Waals surface area (Å²) >= 11 is 0. The fraction of sp³-hybridized carbons (Fsp3) is 0.0270. The predicted octanol–water partition coefficient (Wildman–Crippen LogP) is 9.86. The van der Waals surface area contributed by atoms with Crippen LogP contribution in [0.1, 0.15) is 5.56 Å². The molecule has 0 unspecified atom stereocenters. The Kier molecular flexibility index (Phi) is 4.77. The number of rotatable bonds is 3. The van der Waals surface area contributed by atoms with Crippen LogP contribution in [0.25, 0.3) is 66.1 Å². The maximum absolute atomic E-state index is 2.40. The Hall–Kier alpha value is -5.08. The number of aryl methyl sites for hydroxylation is 1. The van der Waals surface area contributed by atoms with Gasteiger partial charge in [0.2, 0.25) is 0 Å². The molecule has 0 aliphatic heterocycles. The van der Waals surface area contributed by atoms with E-state index in [9.17, 15) is 0 Å². The Morgan fingerprint density at radius 1 is 0.359 bits per heavy atom. The summed E-state index contributed by atoms with van der Waals surface area (Å²) < 4.78 is 4.76. The number of fused-ring (bicyclic) bond motifs is 6. The van der Waals surface area contributed by atoms with Crippen molar-refractivity contribution in [2.75, 3.05) is 0 Å². The van der Waals surface area contributed by atoms with Crippen LogP contribution in [-0.4, -0.2) is 9.13 Å².